The first kappa shape index (κ1) is 26.8. The molecule has 1 atom stereocenters. The van der Waals surface area contributed by atoms with Crippen molar-refractivity contribution < 1.29 is 9.90 Å². The molecule has 0 fully saturated rings. The molecule has 174 valence electrons. The third kappa shape index (κ3) is 7.81. The van der Waals surface area contributed by atoms with Gasteiger partial charge in [0.25, 0.3) is 0 Å². The molecule has 0 aliphatic rings. The van der Waals surface area contributed by atoms with Gasteiger partial charge >= 0.3 is 0 Å². The number of aliphatic hydroxyl groups excluding tert-OH is 1. The first-order valence-electron chi connectivity index (χ1n) is 10.3. The lowest BCUT2D eigenvalue weighted by Gasteiger charge is -2.12. The van der Waals surface area contributed by atoms with E-state index in [9.17, 15) is 9.90 Å². The molecule has 0 saturated carbocycles. The lowest BCUT2D eigenvalue weighted by Crippen LogP contribution is -2.23. The largest absolute Gasteiger partial charge is 0.387 e. The number of thiazole rings is 1. The van der Waals surface area contributed by atoms with Gasteiger partial charge < -0.3 is 15.7 Å². The number of para-hydroxylation sites is 1. The number of nitrogens with zero attached hydrogens (tertiary/aromatic N) is 1. The predicted molar refractivity (Wildman–Crippen MR) is 141 cm³/mol. The zero-order valence-electron chi connectivity index (χ0n) is 17.9. The number of aliphatic hydroxyl groups is 1. The zero-order valence-corrected chi connectivity index (χ0v) is 20.4. The molecular formula is C25H27Cl2N3O2S. The van der Waals surface area contributed by atoms with Crippen LogP contribution < -0.4 is 10.6 Å². The molecule has 3 aromatic carbocycles. The van der Waals surface area contributed by atoms with Gasteiger partial charge in [0.05, 0.1) is 22.7 Å². The Morgan fingerprint density at radius 2 is 1.64 bits per heavy atom. The molecule has 4 aromatic rings. The summed E-state index contributed by atoms with van der Waals surface area (Å²) in [6, 6.07) is 25.4. The van der Waals surface area contributed by atoms with Crippen LogP contribution in [0.3, 0.4) is 0 Å². The number of aromatic nitrogens is 1. The molecule has 0 spiro atoms. The number of anilines is 1. The Hall–Kier alpha value is -2.48. The lowest BCUT2D eigenvalue weighted by molar-refractivity contribution is -0.115. The summed E-state index contributed by atoms with van der Waals surface area (Å²) in [7, 11) is 0. The van der Waals surface area contributed by atoms with Crippen LogP contribution in [0.5, 0.6) is 0 Å². The molecule has 8 heteroatoms. The molecule has 0 saturated heterocycles. The van der Waals surface area contributed by atoms with Crippen molar-refractivity contribution in [1.82, 2.24) is 10.3 Å². The van der Waals surface area contributed by atoms with Crippen molar-refractivity contribution in [2.24, 2.45) is 0 Å². The summed E-state index contributed by atoms with van der Waals surface area (Å²) in [5, 5.41) is 17.2. The van der Waals surface area contributed by atoms with Gasteiger partial charge in [-0.15, -0.1) is 36.2 Å². The summed E-state index contributed by atoms with van der Waals surface area (Å²) in [4.78, 5) is 16.9. The number of carbonyl (C=O) groups is 1. The number of hydrogen-bond donors (Lipinski definition) is 3. The van der Waals surface area contributed by atoms with Crippen molar-refractivity contribution in [1.29, 1.82) is 0 Å². The van der Waals surface area contributed by atoms with Crippen LogP contribution in [0, 0.1) is 0 Å². The van der Waals surface area contributed by atoms with Crippen LogP contribution in [0.1, 0.15) is 22.2 Å². The molecule has 1 heterocycles. The Kier molecular flexibility index (Phi) is 10.8. The Labute approximate surface area is 210 Å². The highest BCUT2D eigenvalue weighted by atomic mass is 35.5. The molecule has 0 bridgehead atoms. The van der Waals surface area contributed by atoms with Crippen LogP contribution in [0.2, 0.25) is 0 Å². The Balaban J connectivity index is 0.00000193. The normalized spacial score (nSPS) is 11.3. The molecule has 4 rings (SSSR count). The minimum Gasteiger partial charge on any atom is -0.387 e. The predicted octanol–water partition coefficient (Wildman–Crippen LogP) is 5.19. The molecule has 0 aliphatic carbocycles. The third-order valence-electron chi connectivity index (χ3n) is 5.00. The first-order valence-corrected chi connectivity index (χ1v) is 11.2. The summed E-state index contributed by atoms with van der Waals surface area (Å²) in [6.45, 7) is 1.29. The molecule has 0 aliphatic heterocycles. The maximum absolute atomic E-state index is 12.4. The van der Waals surface area contributed by atoms with Gasteiger partial charge in [-0.25, -0.2) is 4.98 Å². The molecular weight excluding hydrogens is 477 g/mol. The number of rotatable bonds is 9. The standard InChI is InChI=1S/C25H25N3O2S.2ClH/c29-22(19-6-2-1-3-7-19)17-26-15-14-18-10-12-20(13-11-18)27-24(30)16-25-28-21-8-4-5-9-23(21)31-25;;/h1-13,22,26,29H,14-17H2,(H,27,30);2*1H. The van der Waals surface area contributed by atoms with Crippen LogP contribution in [-0.2, 0) is 17.6 Å². The van der Waals surface area contributed by atoms with Gasteiger partial charge in [0.15, 0.2) is 0 Å². The van der Waals surface area contributed by atoms with E-state index in [1.54, 1.807) is 11.3 Å². The van der Waals surface area contributed by atoms with Crippen LogP contribution in [-0.4, -0.2) is 29.1 Å². The fourth-order valence-electron chi connectivity index (χ4n) is 3.36. The second-order valence-corrected chi connectivity index (χ2v) is 8.49. The van der Waals surface area contributed by atoms with Crippen molar-refractivity contribution in [2.45, 2.75) is 18.9 Å². The Bertz CT molecular complexity index is 1100. The summed E-state index contributed by atoms with van der Waals surface area (Å²) in [6.07, 6.45) is 0.616. The van der Waals surface area contributed by atoms with Gasteiger partial charge in [0.1, 0.15) is 5.01 Å². The maximum atomic E-state index is 12.4. The number of amides is 1. The third-order valence-corrected chi connectivity index (χ3v) is 6.04. The molecule has 1 amide bonds. The summed E-state index contributed by atoms with van der Waals surface area (Å²) < 4.78 is 1.10. The number of halogens is 2. The number of fused-ring (bicyclic) bond motifs is 1. The topological polar surface area (TPSA) is 74.2 Å². The number of nitrogens with one attached hydrogen (secondary N) is 2. The van der Waals surface area contributed by atoms with Crippen molar-refractivity contribution in [3.05, 3.63) is 95.0 Å². The van der Waals surface area contributed by atoms with Crippen molar-refractivity contribution in [3.63, 3.8) is 0 Å². The lowest BCUT2D eigenvalue weighted by atomic mass is 10.1. The molecule has 1 aromatic heterocycles. The molecule has 5 nitrogen and oxygen atoms in total. The average Bonchev–Trinajstić information content (AvgIpc) is 3.20. The summed E-state index contributed by atoms with van der Waals surface area (Å²) in [5.74, 6) is -0.0663. The van der Waals surface area contributed by atoms with Crippen molar-refractivity contribution >= 4 is 58.0 Å². The molecule has 3 N–H and O–H groups in total. The van der Waals surface area contributed by atoms with Crippen molar-refractivity contribution in [3.8, 4) is 0 Å². The minimum atomic E-state index is -0.505. The van der Waals surface area contributed by atoms with E-state index in [0.29, 0.717) is 6.54 Å². The summed E-state index contributed by atoms with van der Waals surface area (Å²) >= 11 is 1.55. The van der Waals surface area contributed by atoms with E-state index >= 15 is 0 Å². The average molecular weight is 504 g/mol. The fraction of sp³-hybridized carbons (Fsp3) is 0.200. The van der Waals surface area contributed by atoms with Crippen LogP contribution in [0.4, 0.5) is 5.69 Å². The van der Waals surface area contributed by atoms with Crippen LogP contribution >= 0.6 is 36.2 Å². The van der Waals surface area contributed by atoms with E-state index in [1.807, 2.05) is 78.9 Å². The van der Waals surface area contributed by atoms with E-state index in [-0.39, 0.29) is 37.1 Å². The van der Waals surface area contributed by atoms with Gasteiger partial charge in [0.2, 0.25) is 5.91 Å². The van der Waals surface area contributed by atoms with Gasteiger partial charge in [-0.3, -0.25) is 4.79 Å². The van der Waals surface area contributed by atoms with E-state index in [2.05, 4.69) is 15.6 Å². The number of benzene rings is 3. The summed E-state index contributed by atoms with van der Waals surface area (Å²) in [5.41, 5.74) is 3.80. The van der Waals surface area contributed by atoms with Crippen molar-refractivity contribution in [2.75, 3.05) is 18.4 Å². The monoisotopic (exact) mass is 503 g/mol. The zero-order chi connectivity index (χ0) is 21.5. The second-order valence-electron chi connectivity index (χ2n) is 7.38. The van der Waals surface area contributed by atoms with Gasteiger partial charge in [-0.05, 0) is 48.4 Å². The van der Waals surface area contributed by atoms with Gasteiger partial charge in [-0.2, -0.15) is 0 Å². The smallest absolute Gasteiger partial charge is 0.231 e. The quantitative estimate of drug-likeness (QED) is 0.275. The molecule has 1 unspecified atom stereocenters. The van der Waals surface area contributed by atoms with E-state index in [1.165, 1.54) is 5.56 Å². The maximum Gasteiger partial charge on any atom is 0.231 e. The second kappa shape index (κ2) is 13.3. The van der Waals surface area contributed by atoms with Gasteiger partial charge in [-0.1, -0.05) is 54.6 Å². The highest BCUT2D eigenvalue weighted by Gasteiger charge is 2.09. The Morgan fingerprint density at radius 1 is 0.939 bits per heavy atom. The number of hydrogen-bond acceptors (Lipinski definition) is 5. The highest BCUT2D eigenvalue weighted by Crippen LogP contribution is 2.22. The minimum absolute atomic E-state index is 0. The van der Waals surface area contributed by atoms with E-state index in [4.69, 9.17) is 0 Å². The van der Waals surface area contributed by atoms with Crippen LogP contribution in [0.15, 0.2) is 78.9 Å². The Morgan fingerprint density at radius 3 is 2.36 bits per heavy atom. The number of carbonyl (C=O) groups excluding carboxylic acids is 1. The SMILES string of the molecule is Cl.Cl.O=C(Cc1nc2ccccc2s1)Nc1ccc(CCNCC(O)c2ccccc2)cc1. The van der Waals surface area contributed by atoms with Crippen LogP contribution in [0.25, 0.3) is 10.2 Å². The first-order chi connectivity index (χ1) is 15.2. The highest BCUT2D eigenvalue weighted by molar-refractivity contribution is 7.18. The molecule has 33 heavy (non-hydrogen) atoms. The van der Waals surface area contributed by atoms with E-state index in [0.717, 1.165) is 39.4 Å². The molecule has 0 radical (unpaired) electrons. The van der Waals surface area contributed by atoms with E-state index < -0.39 is 6.10 Å². The fourth-order valence-corrected chi connectivity index (χ4v) is 4.32. The van der Waals surface area contributed by atoms with Gasteiger partial charge in [0, 0.05) is 12.2 Å².